The molecule has 0 aliphatic rings. The number of hydrogen-bond donors (Lipinski definition) is 4. The van der Waals surface area contributed by atoms with E-state index in [1.165, 1.54) is 89.9 Å². The summed E-state index contributed by atoms with van der Waals surface area (Å²) in [5.41, 5.74) is 0. The second-order valence-corrected chi connectivity index (χ2v) is 15.6. The third-order valence-electron chi connectivity index (χ3n) is 8.99. The summed E-state index contributed by atoms with van der Waals surface area (Å²) in [6, 6.07) is -1.54. The quantitative estimate of drug-likeness (QED) is 0.0204. The average molecular weight is 774 g/mol. The van der Waals surface area contributed by atoms with E-state index in [2.05, 4.69) is 43.5 Å². The lowest BCUT2D eigenvalue weighted by molar-refractivity contribution is -0.147. The van der Waals surface area contributed by atoms with Gasteiger partial charge in [-0.25, -0.2) is 9.36 Å². The minimum Gasteiger partial charge on any atom is -0.480 e. The first-order valence-electron chi connectivity index (χ1n) is 20.9. The maximum Gasteiger partial charge on any atom is 0.472 e. The molecule has 0 heterocycles. The van der Waals surface area contributed by atoms with E-state index >= 15 is 0 Å². The van der Waals surface area contributed by atoms with Gasteiger partial charge < -0.3 is 25.2 Å². The third-order valence-corrected chi connectivity index (χ3v) is 9.94. The molecule has 0 radical (unpaired) electrons. The van der Waals surface area contributed by atoms with Crippen molar-refractivity contribution in [2.24, 2.45) is 0 Å². The first-order chi connectivity index (χ1) is 25.6. The van der Waals surface area contributed by atoms with Crippen LogP contribution < -0.4 is 5.32 Å². The molecule has 0 aromatic carbocycles. The van der Waals surface area contributed by atoms with Gasteiger partial charge in [0.25, 0.3) is 0 Å². The smallest absolute Gasteiger partial charge is 0.472 e. The highest BCUT2D eigenvalue weighted by Gasteiger charge is 2.28. The molecular formula is C41H76NO10P. The standard InChI is InChI=1S/C41H76NO10P/c1-3-5-7-9-11-12-13-14-15-16-17-18-19-20-21-22-23-24-25-26-27-29-31-33-40(45)50-34-37(43)35-51-53(48,49)52-36-38(41(46)47)42-39(44)32-30-28-10-8-6-4-2/h11-12,14-15,37-38,43H,3-10,13,16-36H2,1-2H3,(H,42,44)(H,46,47)(H,48,49)/b12-11-,15-14-. The SMILES string of the molecule is CCCCC/C=C\C/C=C\CCCCCCCCCCCCCCCC(=O)OCC(O)COP(=O)(O)OCC(NC(=O)CCCCCCCC)C(=O)O. The van der Waals surface area contributed by atoms with Crippen LogP contribution in [0.1, 0.15) is 187 Å². The maximum absolute atomic E-state index is 12.2. The number of esters is 1. The molecule has 3 atom stereocenters. The molecule has 0 aromatic rings. The maximum atomic E-state index is 12.2. The topological polar surface area (TPSA) is 169 Å². The first kappa shape index (κ1) is 51.0. The van der Waals surface area contributed by atoms with Crippen LogP contribution in [0.25, 0.3) is 0 Å². The molecule has 12 heteroatoms. The van der Waals surface area contributed by atoms with Crippen LogP contribution in [0.4, 0.5) is 0 Å². The summed E-state index contributed by atoms with van der Waals surface area (Å²) in [7, 11) is -4.74. The van der Waals surface area contributed by atoms with E-state index < -0.39 is 57.6 Å². The lowest BCUT2D eigenvalue weighted by Gasteiger charge is -2.18. The fourth-order valence-corrected chi connectivity index (χ4v) is 6.47. The Morgan fingerprint density at radius 1 is 0.604 bits per heavy atom. The minimum atomic E-state index is -4.74. The van der Waals surface area contributed by atoms with Crippen LogP contribution in [0.3, 0.4) is 0 Å². The molecule has 0 aliphatic heterocycles. The number of phosphoric ester groups is 1. The van der Waals surface area contributed by atoms with E-state index in [9.17, 15) is 34.1 Å². The Labute approximate surface area is 321 Å². The molecule has 53 heavy (non-hydrogen) atoms. The fraction of sp³-hybridized carbons (Fsp3) is 0.829. The second-order valence-electron chi connectivity index (χ2n) is 14.2. The molecule has 0 aliphatic carbocycles. The highest BCUT2D eigenvalue weighted by atomic mass is 31.2. The van der Waals surface area contributed by atoms with Crippen molar-refractivity contribution in [1.29, 1.82) is 0 Å². The van der Waals surface area contributed by atoms with Gasteiger partial charge in [0.05, 0.1) is 13.2 Å². The number of nitrogens with one attached hydrogen (secondary N) is 1. The van der Waals surface area contributed by atoms with Gasteiger partial charge in [0, 0.05) is 12.8 Å². The molecule has 0 spiro atoms. The van der Waals surface area contributed by atoms with E-state index in [4.69, 9.17) is 13.8 Å². The average Bonchev–Trinajstić information content (AvgIpc) is 3.13. The number of amides is 1. The van der Waals surface area contributed by atoms with E-state index in [0.29, 0.717) is 12.8 Å². The summed E-state index contributed by atoms with van der Waals surface area (Å²) in [5.74, 6) is -2.38. The Kier molecular flexibility index (Phi) is 35.5. The van der Waals surface area contributed by atoms with Crippen molar-refractivity contribution in [1.82, 2.24) is 5.32 Å². The Morgan fingerprint density at radius 3 is 1.57 bits per heavy atom. The van der Waals surface area contributed by atoms with E-state index in [-0.39, 0.29) is 12.8 Å². The fourth-order valence-electron chi connectivity index (χ4n) is 5.70. The van der Waals surface area contributed by atoms with Gasteiger partial charge in [0.15, 0.2) is 6.04 Å². The van der Waals surface area contributed by atoms with Crippen LogP contribution in [0.5, 0.6) is 0 Å². The van der Waals surface area contributed by atoms with Crippen LogP contribution in [0, 0.1) is 0 Å². The Balaban J connectivity index is 3.75. The second kappa shape index (κ2) is 36.9. The molecule has 0 fully saturated rings. The largest absolute Gasteiger partial charge is 0.480 e. The van der Waals surface area contributed by atoms with Gasteiger partial charge in [-0.15, -0.1) is 0 Å². The number of carbonyl (C=O) groups excluding carboxylic acids is 2. The number of phosphoric acid groups is 1. The number of carboxylic acids is 1. The summed E-state index contributed by atoms with van der Waals surface area (Å²) in [6.45, 7) is 2.47. The number of unbranched alkanes of at least 4 members (excludes halogenated alkanes) is 21. The summed E-state index contributed by atoms with van der Waals surface area (Å²) in [6.07, 6.45) is 36.9. The number of aliphatic carboxylic acids is 1. The van der Waals surface area contributed by atoms with Crippen molar-refractivity contribution in [3.63, 3.8) is 0 Å². The van der Waals surface area contributed by atoms with Gasteiger partial charge in [0.2, 0.25) is 5.91 Å². The Morgan fingerprint density at radius 2 is 1.04 bits per heavy atom. The molecule has 0 saturated heterocycles. The third kappa shape index (κ3) is 36.7. The zero-order valence-electron chi connectivity index (χ0n) is 33.3. The molecule has 310 valence electrons. The predicted octanol–water partition coefficient (Wildman–Crippen LogP) is 10.3. The van der Waals surface area contributed by atoms with Crippen molar-refractivity contribution in [3.8, 4) is 0 Å². The van der Waals surface area contributed by atoms with Crippen LogP contribution in [0.15, 0.2) is 24.3 Å². The zero-order valence-corrected chi connectivity index (χ0v) is 34.2. The van der Waals surface area contributed by atoms with Gasteiger partial charge in [-0.1, -0.05) is 154 Å². The number of ether oxygens (including phenoxy) is 1. The molecule has 0 rings (SSSR count). The molecule has 11 nitrogen and oxygen atoms in total. The van der Waals surface area contributed by atoms with Gasteiger partial charge in [-0.05, 0) is 44.9 Å². The summed E-state index contributed by atoms with van der Waals surface area (Å²) < 4.78 is 26.7. The van der Waals surface area contributed by atoms with Crippen molar-refractivity contribution in [2.45, 2.75) is 199 Å². The predicted molar refractivity (Wildman–Crippen MR) is 213 cm³/mol. The van der Waals surface area contributed by atoms with Crippen LogP contribution in [0.2, 0.25) is 0 Å². The van der Waals surface area contributed by atoms with Gasteiger partial charge in [0.1, 0.15) is 12.7 Å². The molecule has 3 unspecified atom stereocenters. The molecule has 0 aromatic heterocycles. The Bertz CT molecular complexity index is 1010. The minimum absolute atomic E-state index is 0.144. The van der Waals surface area contributed by atoms with Crippen LogP contribution in [-0.4, -0.2) is 64.9 Å². The van der Waals surface area contributed by atoms with E-state index in [0.717, 1.165) is 57.8 Å². The number of allylic oxidation sites excluding steroid dienone is 4. The van der Waals surface area contributed by atoms with E-state index in [1.54, 1.807) is 0 Å². The molecular weight excluding hydrogens is 697 g/mol. The number of carbonyl (C=O) groups is 3. The van der Waals surface area contributed by atoms with Gasteiger partial charge >= 0.3 is 19.8 Å². The van der Waals surface area contributed by atoms with Crippen LogP contribution in [-0.2, 0) is 32.7 Å². The van der Waals surface area contributed by atoms with Gasteiger partial charge in [-0.3, -0.25) is 18.6 Å². The molecule has 4 N–H and O–H groups in total. The zero-order chi connectivity index (χ0) is 39.3. The summed E-state index contributed by atoms with van der Waals surface area (Å²) in [5, 5.41) is 21.6. The summed E-state index contributed by atoms with van der Waals surface area (Å²) in [4.78, 5) is 45.5. The van der Waals surface area contributed by atoms with Gasteiger partial charge in [-0.2, -0.15) is 0 Å². The van der Waals surface area contributed by atoms with E-state index in [1.807, 2.05) is 0 Å². The molecule has 0 bridgehead atoms. The van der Waals surface area contributed by atoms with Crippen molar-refractivity contribution >= 4 is 25.7 Å². The first-order valence-corrected chi connectivity index (χ1v) is 22.4. The number of hydrogen-bond acceptors (Lipinski definition) is 8. The number of rotatable bonds is 39. The molecule has 0 saturated carbocycles. The van der Waals surface area contributed by atoms with Crippen molar-refractivity contribution in [2.75, 3.05) is 19.8 Å². The van der Waals surface area contributed by atoms with Crippen LogP contribution >= 0.6 is 7.82 Å². The monoisotopic (exact) mass is 774 g/mol. The number of aliphatic hydroxyl groups is 1. The lowest BCUT2D eigenvalue weighted by atomic mass is 10.0. The Hall–Kier alpha value is -2.04. The van der Waals surface area contributed by atoms with Crippen molar-refractivity contribution < 1.29 is 47.8 Å². The normalized spacial score (nSPS) is 14.0. The van der Waals surface area contributed by atoms with Crippen molar-refractivity contribution in [3.05, 3.63) is 24.3 Å². The lowest BCUT2D eigenvalue weighted by Crippen LogP contribution is -2.43. The summed E-state index contributed by atoms with van der Waals surface area (Å²) >= 11 is 0. The molecule has 1 amide bonds. The highest BCUT2D eigenvalue weighted by molar-refractivity contribution is 7.47. The highest BCUT2D eigenvalue weighted by Crippen LogP contribution is 2.43. The number of aliphatic hydroxyl groups excluding tert-OH is 1. The number of carboxylic acid groups (broad SMARTS) is 1.